The summed E-state index contributed by atoms with van der Waals surface area (Å²) in [5.74, 6) is -3.99. The summed E-state index contributed by atoms with van der Waals surface area (Å²) in [7, 11) is 0. The van der Waals surface area contributed by atoms with Crippen LogP contribution in [0.2, 0.25) is 5.02 Å². The molecule has 1 aliphatic rings. The number of carbonyl (C=O) groups excluding carboxylic acids is 5. The fourth-order valence-electron chi connectivity index (χ4n) is 4.05. The lowest BCUT2D eigenvalue weighted by atomic mass is 9.74. The zero-order chi connectivity index (χ0) is 24.5. The van der Waals surface area contributed by atoms with Crippen molar-refractivity contribution in [2.24, 2.45) is 0 Å². The summed E-state index contributed by atoms with van der Waals surface area (Å²) in [5.41, 5.74) is -1.74. The average Bonchev–Trinajstić information content (AvgIpc) is 2.86. The Morgan fingerprint density at radius 2 is 1.24 bits per heavy atom. The molecule has 1 aliphatic heterocycles. The van der Waals surface area contributed by atoms with Gasteiger partial charge in [0, 0.05) is 5.56 Å². The van der Waals surface area contributed by atoms with Crippen molar-refractivity contribution in [2.75, 3.05) is 0 Å². The van der Waals surface area contributed by atoms with Crippen LogP contribution in [0.3, 0.4) is 0 Å². The normalized spacial score (nSPS) is 18.2. The molecular weight excluding hydrogens is 456 g/mol. The maximum absolute atomic E-state index is 13.8. The number of hydrogen-bond donors (Lipinski definition) is 0. The predicted octanol–water partition coefficient (Wildman–Crippen LogP) is 4.46. The summed E-state index contributed by atoms with van der Waals surface area (Å²) >= 11 is 6.16. The lowest BCUT2D eigenvalue weighted by Crippen LogP contribution is -2.69. The number of hydrogen-bond acceptors (Lipinski definition) is 5. The second-order valence-corrected chi connectivity index (χ2v) is 8.05. The van der Waals surface area contributed by atoms with E-state index >= 15 is 0 Å². The minimum atomic E-state index is -1.96. The van der Waals surface area contributed by atoms with E-state index < -0.39 is 35.1 Å². The second kappa shape index (κ2) is 9.03. The van der Waals surface area contributed by atoms with Crippen molar-refractivity contribution in [3.8, 4) is 0 Å². The summed E-state index contributed by atoms with van der Waals surface area (Å²) in [5, 5.41) is 0.0211. The van der Waals surface area contributed by atoms with Gasteiger partial charge in [-0.05, 0) is 36.2 Å². The van der Waals surface area contributed by atoms with Crippen molar-refractivity contribution in [3.05, 3.63) is 107 Å². The molecule has 0 aromatic heterocycles. The van der Waals surface area contributed by atoms with Crippen molar-refractivity contribution in [3.63, 3.8) is 0 Å². The molecule has 1 fully saturated rings. The van der Waals surface area contributed by atoms with Crippen LogP contribution in [0.1, 0.15) is 39.6 Å². The van der Waals surface area contributed by atoms with Crippen LogP contribution in [0.5, 0.6) is 0 Å². The first kappa shape index (κ1) is 23.1. The molecule has 4 rings (SSSR count). The molecule has 3 aromatic rings. The summed E-state index contributed by atoms with van der Waals surface area (Å²) < 4.78 is 0. The fraction of sp³-hybridized carbons (Fsp3) is 0.115. The van der Waals surface area contributed by atoms with Crippen LogP contribution in [0.25, 0.3) is 0 Å². The quantitative estimate of drug-likeness (QED) is 0.411. The lowest BCUT2D eigenvalue weighted by molar-refractivity contribution is -0.148. The summed E-state index contributed by atoms with van der Waals surface area (Å²) in [6.07, 6.45) is -0.0904. The van der Waals surface area contributed by atoms with Gasteiger partial charge in [0.15, 0.2) is 5.41 Å². The SMILES string of the molecule is CCC1(c2ccccc2)C(=O)N(C(=O)c2ccccc2)C(=O)N(C(=O)c2ccccc2Cl)C1=O. The molecule has 1 saturated heterocycles. The molecule has 1 unspecified atom stereocenters. The molecule has 7 nitrogen and oxygen atoms in total. The topological polar surface area (TPSA) is 91.8 Å². The highest BCUT2D eigenvalue weighted by molar-refractivity contribution is 6.38. The first-order chi connectivity index (χ1) is 16.3. The highest BCUT2D eigenvalue weighted by atomic mass is 35.5. The Morgan fingerprint density at radius 3 is 1.79 bits per heavy atom. The largest absolute Gasteiger partial charge is 0.347 e. The Labute approximate surface area is 200 Å². The molecule has 1 heterocycles. The fourth-order valence-corrected chi connectivity index (χ4v) is 4.26. The van der Waals surface area contributed by atoms with E-state index in [-0.39, 0.29) is 28.1 Å². The number of amides is 6. The van der Waals surface area contributed by atoms with Crippen molar-refractivity contribution < 1.29 is 24.0 Å². The minimum Gasteiger partial charge on any atom is -0.272 e. The second-order valence-electron chi connectivity index (χ2n) is 7.64. The number of rotatable bonds is 4. The van der Waals surface area contributed by atoms with Crippen molar-refractivity contribution in [1.82, 2.24) is 9.80 Å². The summed E-state index contributed by atoms with van der Waals surface area (Å²) in [4.78, 5) is 68.6. The zero-order valence-corrected chi connectivity index (χ0v) is 18.9. The molecule has 1 atom stereocenters. The third-order valence-electron chi connectivity index (χ3n) is 5.85. The van der Waals surface area contributed by atoms with Gasteiger partial charge in [0.25, 0.3) is 23.6 Å². The highest BCUT2D eigenvalue weighted by Crippen LogP contribution is 2.38. The van der Waals surface area contributed by atoms with Crippen LogP contribution in [0.4, 0.5) is 4.79 Å². The average molecular weight is 475 g/mol. The van der Waals surface area contributed by atoms with Crippen LogP contribution in [-0.4, -0.2) is 39.5 Å². The van der Waals surface area contributed by atoms with Gasteiger partial charge < -0.3 is 0 Å². The van der Waals surface area contributed by atoms with Crippen molar-refractivity contribution in [1.29, 1.82) is 0 Å². The van der Waals surface area contributed by atoms with Crippen LogP contribution in [-0.2, 0) is 15.0 Å². The van der Waals surface area contributed by atoms with E-state index in [2.05, 4.69) is 0 Å². The Balaban J connectivity index is 1.93. The van der Waals surface area contributed by atoms with Gasteiger partial charge in [0.05, 0.1) is 10.6 Å². The van der Waals surface area contributed by atoms with E-state index in [0.29, 0.717) is 9.80 Å². The van der Waals surface area contributed by atoms with Gasteiger partial charge >= 0.3 is 6.03 Å². The first-order valence-corrected chi connectivity index (χ1v) is 10.9. The molecule has 0 bridgehead atoms. The van der Waals surface area contributed by atoms with Gasteiger partial charge in [-0.15, -0.1) is 0 Å². The Bertz CT molecular complexity index is 1310. The number of imide groups is 6. The van der Waals surface area contributed by atoms with Gasteiger partial charge in [-0.3, -0.25) is 19.2 Å². The van der Waals surface area contributed by atoms with Gasteiger partial charge in [-0.1, -0.05) is 79.2 Å². The predicted molar refractivity (Wildman–Crippen MR) is 124 cm³/mol. The van der Waals surface area contributed by atoms with E-state index in [4.69, 9.17) is 11.6 Å². The number of nitrogens with zero attached hydrogens (tertiary/aromatic N) is 2. The lowest BCUT2D eigenvalue weighted by Gasteiger charge is -2.42. The van der Waals surface area contributed by atoms with Crippen LogP contribution in [0.15, 0.2) is 84.9 Å². The highest BCUT2D eigenvalue weighted by Gasteiger charge is 2.60. The molecule has 3 aromatic carbocycles. The van der Waals surface area contributed by atoms with Crippen molar-refractivity contribution >= 4 is 41.3 Å². The molecule has 6 amide bonds. The van der Waals surface area contributed by atoms with Crippen LogP contribution in [0, 0.1) is 0 Å². The molecule has 0 spiro atoms. The number of benzene rings is 3. The third-order valence-corrected chi connectivity index (χ3v) is 6.18. The standard InChI is InChI=1S/C26H19ClN2O5/c1-2-26(18-13-7-4-8-14-18)23(32)28(21(30)17-11-5-3-6-12-17)25(34)29(24(26)33)22(31)19-15-9-10-16-20(19)27/h3-16H,2H2,1H3. The molecule has 8 heteroatoms. The van der Waals surface area contributed by atoms with E-state index in [1.165, 1.54) is 30.3 Å². The molecule has 0 radical (unpaired) electrons. The maximum Gasteiger partial charge on any atom is 0.347 e. The van der Waals surface area contributed by atoms with Gasteiger partial charge in [0.1, 0.15) is 0 Å². The van der Waals surface area contributed by atoms with E-state index in [0.717, 1.165) is 0 Å². The Kier molecular flexibility index (Phi) is 6.13. The van der Waals surface area contributed by atoms with E-state index in [1.807, 2.05) is 0 Å². The maximum atomic E-state index is 13.8. The minimum absolute atomic E-state index is 0.0211. The van der Waals surface area contributed by atoms with Crippen molar-refractivity contribution in [2.45, 2.75) is 18.8 Å². The molecule has 34 heavy (non-hydrogen) atoms. The molecule has 0 saturated carbocycles. The number of urea groups is 1. The molecule has 170 valence electrons. The van der Waals surface area contributed by atoms with Gasteiger partial charge in [0.2, 0.25) is 0 Å². The molecule has 0 N–H and O–H groups in total. The first-order valence-electron chi connectivity index (χ1n) is 10.5. The van der Waals surface area contributed by atoms with E-state index in [9.17, 15) is 24.0 Å². The monoisotopic (exact) mass is 474 g/mol. The van der Waals surface area contributed by atoms with Gasteiger partial charge in [-0.2, -0.15) is 9.80 Å². The molecular formula is C26H19ClN2O5. The number of carbonyl (C=O) groups is 5. The van der Waals surface area contributed by atoms with E-state index in [1.54, 1.807) is 61.5 Å². The third kappa shape index (κ3) is 3.50. The Hall–Kier alpha value is -4.10. The smallest absolute Gasteiger partial charge is 0.272 e. The summed E-state index contributed by atoms with van der Waals surface area (Å²) in [6.45, 7) is 1.59. The zero-order valence-electron chi connectivity index (χ0n) is 18.1. The van der Waals surface area contributed by atoms with Crippen LogP contribution < -0.4 is 0 Å². The number of halogens is 1. The molecule has 0 aliphatic carbocycles. The van der Waals surface area contributed by atoms with Crippen LogP contribution >= 0.6 is 11.6 Å². The summed E-state index contributed by atoms with van der Waals surface area (Å²) in [6, 6.07) is 20.4. The number of barbiturate groups is 1. The Morgan fingerprint density at radius 1 is 0.735 bits per heavy atom. The van der Waals surface area contributed by atoms with Gasteiger partial charge in [-0.25, -0.2) is 4.79 Å².